The maximum absolute atomic E-state index is 11.9. The molecule has 0 bridgehead atoms. The van der Waals surface area contributed by atoms with Crippen LogP contribution in [0.1, 0.15) is 12.8 Å². The zero-order valence-electron chi connectivity index (χ0n) is 8.16. The normalized spacial score (nSPS) is 14.1. The molecule has 0 aromatic heterocycles. The third-order valence-electron chi connectivity index (χ3n) is 1.97. The van der Waals surface area contributed by atoms with Crippen molar-refractivity contribution in [1.29, 1.82) is 0 Å². The van der Waals surface area contributed by atoms with Crippen LogP contribution < -0.4 is 0 Å². The Morgan fingerprint density at radius 2 is 1.79 bits per heavy atom. The van der Waals surface area contributed by atoms with Crippen LogP contribution in [0.5, 0.6) is 0 Å². The van der Waals surface area contributed by atoms with Crippen molar-refractivity contribution in [2.24, 2.45) is 0 Å². The lowest BCUT2D eigenvalue weighted by Gasteiger charge is -2.24. The molecule has 0 aliphatic rings. The first-order chi connectivity index (χ1) is 6.39. The molecule has 86 valence electrons. The molecule has 2 nitrogen and oxygen atoms in total. The Balaban J connectivity index is 3.95. The highest BCUT2D eigenvalue weighted by Gasteiger charge is 2.36. The summed E-state index contributed by atoms with van der Waals surface area (Å²) in [5.41, 5.74) is 0. The van der Waals surface area contributed by atoms with Crippen LogP contribution in [0.4, 0.5) is 13.2 Å². The summed E-state index contributed by atoms with van der Waals surface area (Å²) in [5, 5.41) is 0. The van der Waals surface area contributed by atoms with Gasteiger partial charge in [0.05, 0.1) is 0 Å². The van der Waals surface area contributed by atoms with Gasteiger partial charge >= 0.3 is 14.3 Å². The summed E-state index contributed by atoms with van der Waals surface area (Å²) in [6, 6.07) is 0.329. The van der Waals surface area contributed by atoms with Crippen LogP contribution in [0, 0.1) is 0 Å². The van der Waals surface area contributed by atoms with E-state index in [9.17, 15) is 13.2 Å². The first-order valence-electron chi connectivity index (χ1n) is 4.12. The lowest BCUT2D eigenvalue weighted by Crippen LogP contribution is -2.45. The van der Waals surface area contributed by atoms with Gasteiger partial charge in [0.15, 0.2) is 8.35 Å². The number of halogens is 4. The van der Waals surface area contributed by atoms with E-state index in [1.165, 1.54) is 14.2 Å². The molecule has 0 saturated heterocycles. The van der Waals surface area contributed by atoms with Gasteiger partial charge in [-0.15, -0.1) is 0 Å². The second-order valence-corrected chi connectivity index (χ2v) is 12.8. The van der Waals surface area contributed by atoms with E-state index >= 15 is 0 Å². The van der Waals surface area contributed by atoms with Crippen LogP contribution in [-0.2, 0) is 8.85 Å². The molecule has 0 fully saturated rings. The summed E-state index contributed by atoms with van der Waals surface area (Å²) in [4.78, 5) is 0. The third kappa shape index (κ3) is 5.35. The quantitative estimate of drug-likeness (QED) is 0.540. The Kier molecular flexibility index (Phi) is 6.30. The molecular formula is C6H14ClF3O2Si2. The van der Waals surface area contributed by atoms with Gasteiger partial charge in [-0.3, -0.25) is 0 Å². The predicted molar refractivity (Wildman–Crippen MR) is 54.3 cm³/mol. The first-order valence-corrected chi connectivity index (χ1v) is 10.6. The molecule has 0 unspecified atom stereocenters. The van der Waals surface area contributed by atoms with Crippen molar-refractivity contribution in [1.82, 2.24) is 0 Å². The van der Waals surface area contributed by atoms with Crippen molar-refractivity contribution in [2.75, 3.05) is 14.2 Å². The molecule has 0 aliphatic heterocycles. The molecule has 0 spiro atoms. The minimum atomic E-state index is -4.10. The van der Waals surface area contributed by atoms with Gasteiger partial charge in [-0.25, -0.2) is 0 Å². The second kappa shape index (κ2) is 6.11. The number of rotatable bonds is 6. The summed E-state index contributed by atoms with van der Waals surface area (Å²) in [6.45, 7) is 0. The average molecular weight is 267 g/mol. The molecule has 0 saturated carbocycles. The maximum atomic E-state index is 11.9. The van der Waals surface area contributed by atoms with Crippen LogP contribution in [0.3, 0.4) is 0 Å². The molecule has 0 radical (unpaired) electrons. The van der Waals surface area contributed by atoms with Gasteiger partial charge in [-0.1, -0.05) is 0 Å². The molecule has 8 heteroatoms. The lowest BCUT2D eigenvalue weighted by molar-refractivity contribution is -0.134. The summed E-state index contributed by atoms with van der Waals surface area (Å²) in [6.07, 6.45) is -4.85. The van der Waals surface area contributed by atoms with E-state index in [1.54, 1.807) is 0 Å². The third-order valence-corrected chi connectivity index (χ3v) is 12.7. The Bertz CT molecular complexity index is 155. The van der Waals surface area contributed by atoms with Crippen LogP contribution in [0.15, 0.2) is 0 Å². The van der Waals surface area contributed by atoms with Crippen LogP contribution >= 0.6 is 11.1 Å². The largest absolute Gasteiger partial charge is 0.400 e. The molecular weight excluding hydrogens is 253 g/mol. The number of alkyl halides is 3. The van der Waals surface area contributed by atoms with E-state index in [0.717, 1.165) is 0 Å². The standard InChI is InChI=1S/C6H14ClF3O2Si2/c1-11-14(12-2,13-7)5-3-4-6(8,9)10/h3-5,13H2,1-2H3. The van der Waals surface area contributed by atoms with Gasteiger partial charge < -0.3 is 8.85 Å². The second-order valence-electron chi connectivity index (χ2n) is 2.92. The lowest BCUT2D eigenvalue weighted by atomic mass is 10.3. The molecule has 0 N–H and O–H groups in total. The van der Waals surface area contributed by atoms with Gasteiger partial charge in [0.2, 0.25) is 0 Å². The van der Waals surface area contributed by atoms with E-state index in [-0.39, 0.29) is 6.42 Å². The van der Waals surface area contributed by atoms with Crippen molar-refractivity contribution in [3.8, 4) is 0 Å². The molecule has 14 heavy (non-hydrogen) atoms. The van der Waals surface area contributed by atoms with Crippen molar-refractivity contribution >= 4 is 27.5 Å². The molecule has 0 atom stereocenters. The monoisotopic (exact) mass is 266 g/mol. The predicted octanol–water partition coefficient (Wildman–Crippen LogP) is 1.88. The summed E-state index contributed by atoms with van der Waals surface area (Å²) in [5.74, 6) is 0. The zero-order chi connectivity index (χ0) is 11.2. The van der Waals surface area contributed by atoms with Gasteiger partial charge in [-0.2, -0.15) is 24.3 Å². The smallest absolute Gasteiger partial charge is 0.389 e. The van der Waals surface area contributed by atoms with Gasteiger partial charge in [0.25, 0.3) is 0 Å². The summed E-state index contributed by atoms with van der Waals surface area (Å²) in [7, 11) is -0.542. The minimum absolute atomic E-state index is 0.0388. The highest BCUT2D eigenvalue weighted by Crippen LogP contribution is 2.25. The summed E-state index contributed by atoms with van der Waals surface area (Å²) >= 11 is 5.74. The highest BCUT2D eigenvalue weighted by molar-refractivity contribution is 7.37. The molecule has 0 amide bonds. The molecule has 0 aromatic rings. The van der Waals surface area contributed by atoms with Crippen molar-refractivity contribution < 1.29 is 22.0 Å². The van der Waals surface area contributed by atoms with Gasteiger partial charge in [-0.05, 0) is 12.5 Å². The van der Waals surface area contributed by atoms with E-state index in [2.05, 4.69) is 0 Å². The average Bonchev–Trinajstić information content (AvgIpc) is 2.11. The van der Waals surface area contributed by atoms with Crippen LogP contribution in [0.25, 0.3) is 0 Å². The SMILES string of the molecule is CO[Si](CCCC(F)(F)F)(OC)[SiH2]Cl. The fourth-order valence-electron chi connectivity index (χ4n) is 1.02. The fourth-order valence-corrected chi connectivity index (χ4v) is 7.64. The Labute approximate surface area is 89.3 Å². The van der Waals surface area contributed by atoms with Crippen molar-refractivity contribution in [3.05, 3.63) is 0 Å². The molecule has 0 aliphatic carbocycles. The Morgan fingerprint density at radius 3 is 2.07 bits per heavy atom. The topological polar surface area (TPSA) is 18.5 Å². The van der Waals surface area contributed by atoms with Crippen molar-refractivity contribution in [2.45, 2.75) is 25.1 Å². The summed E-state index contributed by atoms with van der Waals surface area (Å²) < 4.78 is 45.8. The Hall–Kier alpha value is 0.434. The van der Waals surface area contributed by atoms with E-state index in [0.29, 0.717) is 6.04 Å². The maximum Gasteiger partial charge on any atom is 0.389 e. The van der Waals surface area contributed by atoms with Crippen LogP contribution in [-0.4, -0.2) is 36.8 Å². The van der Waals surface area contributed by atoms with Gasteiger partial charge in [0, 0.05) is 20.6 Å². The highest BCUT2D eigenvalue weighted by atomic mass is 35.6. The number of hydrogen-bond donors (Lipinski definition) is 0. The van der Waals surface area contributed by atoms with E-state index in [4.69, 9.17) is 19.9 Å². The van der Waals surface area contributed by atoms with Crippen molar-refractivity contribution in [3.63, 3.8) is 0 Å². The van der Waals surface area contributed by atoms with E-state index < -0.39 is 29.0 Å². The molecule has 0 rings (SSSR count). The zero-order valence-corrected chi connectivity index (χ0v) is 11.3. The van der Waals surface area contributed by atoms with Crippen LogP contribution in [0.2, 0.25) is 6.04 Å². The fraction of sp³-hybridized carbons (Fsp3) is 1.00. The first kappa shape index (κ1) is 14.4. The van der Waals surface area contributed by atoms with Gasteiger partial charge in [0.1, 0.15) is 0 Å². The number of hydrogen-bond acceptors (Lipinski definition) is 2. The molecule has 0 aromatic carbocycles. The Morgan fingerprint density at radius 1 is 1.29 bits per heavy atom. The van der Waals surface area contributed by atoms with E-state index in [1.807, 2.05) is 0 Å². The molecule has 0 heterocycles. The minimum Gasteiger partial charge on any atom is -0.400 e.